The Hall–Kier alpha value is -1.76. The number of nitrogens with two attached hydrogens (primary N) is 1. The van der Waals surface area contributed by atoms with E-state index >= 15 is 0 Å². The first-order valence-electron chi connectivity index (χ1n) is 9.26. The number of piperidine rings is 1. The van der Waals surface area contributed by atoms with Gasteiger partial charge in [-0.1, -0.05) is 23.8 Å². The zero-order chi connectivity index (χ0) is 18.4. The van der Waals surface area contributed by atoms with Crippen LogP contribution in [0.1, 0.15) is 30.5 Å². The molecule has 1 fully saturated rings. The molecule has 1 saturated heterocycles. The second-order valence-electron chi connectivity index (χ2n) is 6.78. The number of amides is 1. The second-order valence-corrected chi connectivity index (χ2v) is 7.64. The Morgan fingerprint density at radius 2 is 2.19 bits per heavy atom. The summed E-state index contributed by atoms with van der Waals surface area (Å²) in [6.07, 6.45) is 3.34. The summed E-state index contributed by atoms with van der Waals surface area (Å²) in [5.74, 6) is 0.159. The number of ether oxygens (including phenoxy) is 1. The van der Waals surface area contributed by atoms with Crippen molar-refractivity contribution in [3.63, 3.8) is 0 Å². The van der Waals surface area contributed by atoms with Gasteiger partial charge in [-0.3, -0.25) is 4.79 Å². The van der Waals surface area contributed by atoms with Crippen LogP contribution in [0.15, 0.2) is 29.6 Å². The van der Waals surface area contributed by atoms with Gasteiger partial charge in [0.15, 0.2) is 0 Å². The van der Waals surface area contributed by atoms with Crippen molar-refractivity contribution in [1.29, 1.82) is 0 Å². The molecule has 1 aliphatic heterocycles. The van der Waals surface area contributed by atoms with Gasteiger partial charge in [0, 0.05) is 30.6 Å². The van der Waals surface area contributed by atoms with Crippen molar-refractivity contribution in [3.8, 4) is 10.6 Å². The number of aromatic nitrogens is 1. The van der Waals surface area contributed by atoms with Crippen LogP contribution in [0, 0.1) is 6.92 Å². The van der Waals surface area contributed by atoms with Crippen LogP contribution in [0.25, 0.3) is 10.6 Å². The van der Waals surface area contributed by atoms with Gasteiger partial charge in [-0.05, 0) is 38.8 Å². The normalized spacial score (nSPS) is 15.4. The molecule has 0 atom stereocenters. The van der Waals surface area contributed by atoms with Crippen LogP contribution in [0.2, 0.25) is 0 Å². The van der Waals surface area contributed by atoms with Crippen molar-refractivity contribution in [3.05, 3.63) is 40.9 Å². The number of aryl methyl sites for hydroxylation is 1. The van der Waals surface area contributed by atoms with Gasteiger partial charge in [0.1, 0.15) is 5.01 Å². The SMILES string of the molecule is Cc1cccc(-c2nc(CC(=O)N3CCC(OCCCN)CC3)cs2)c1. The van der Waals surface area contributed by atoms with Crippen molar-refractivity contribution in [1.82, 2.24) is 9.88 Å². The van der Waals surface area contributed by atoms with Crippen LogP contribution in [-0.2, 0) is 16.0 Å². The first-order valence-corrected chi connectivity index (χ1v) is 10.1. The summed E-state index contributed by atoms with van der Waals surface area (Å²) < 4.78 is 5.80. The lowest BCUT2D eigenvalue weighted by Gasteiger charge is -2.32. The molecule has 0 spiro atoms. The quantitative estimate of drug-likeness (QED) is 0.758. The van der Waals surface area contributed by atoms with Crippen LogP contribution >= 0.6 is 11.3 Å². The smallest absolute Gasteiger partial charge is 0.228 e. The lowest BCUT2D eigenvalue weighted by molar-refractivity contribution is -0.133. The minimum atomic E-state index is 0.159. The number of carbonyl (C=O) groups excluding carboxylic acids is 1. The molecule has 1 aromatic heterocycles. The van der Waals surface area contributed by atoms with E-state index in [4.69, 9.17) is 10.5 Å². The van der Waals surface area contributed by atoms with Gasteiger partial charge in [0.2, 0.25) is 5.91 Å². The van der Waals surface area contributed by atoms with Crippen molar-refractivity contribution < 1.29 is 9.53 Å². The predicted molar refractivity (Wildman–Crippen MR) is 105 cm³/mol. The summed E-state index contributed by atoms with van der Waals surface area (Å²) in [5.41, 5.74) is 8.68. The number of hydrogen-bond donors (Lipinski definition) is 1. The maximum absolute atomic E-state index is 12.6. The maximum atomic E-state index is 12.6. The third-order valence-corrected chi connectivity index (χ3v) is 5.59. The Bertz CT molecular complexity index is 723. The van der Waals surface area contributed by atoms with Gasteiger partial charge in [-0.2, -0.15) is 0 Å². The standard InChI is InChI=1S/C20H27N3O2S/c1-15-4-2-5-16(12-15)20-22-17(14-26-20)13-19(24)23-9-6-18(7-10-23)25-11-3-8-21/h2,4-5,12,14,18H,3,6-11,13,21H2,1H3. The summed E-state index contributed by atoms with van der Waals surface area (Å²) in [7, 11) is 0. The summed E-state index contributed by atoms with van der Waals surface area (Å²) in [5, 5.41) is 2.97. The molecule has 5 nitrogen and oxygen atoms in total. The molecule has 0 bridgehead atoms. The fourth-order valence-corrected chi connectivity index (χ4v) is 3.99. The topological polar surface area (TPSA) is 68.5 Å². The Morgan fingerprint density at radius 1 is 1.38 bits per heavy atom. The zero-order valence-electron chi connectivity index (χ0n) is 15.3. The predicted octanol–water partition coefficient (Wildman–Crippen LogP) is 3.02. The molecule has 1 aliphatic rings. The maximum Gasteiger partial charge on any atom is 0.228 e. The Balaban J connectivity index is 1.50. The highest BCUT2D eigenvalue weighted by atomic mass is 32.1. The Labute approximate surface area is 159 Å². The van der Waals surface area contributed by atoms with E-state index in [-0.39, 0.29) is 12.0 Å². The molecule has 0 unspecified atom stereocenters. The molecule has 26 heavy (non-hydrogen) atoms. The number of nitrogens with zero attached hydrogens (tertiary/aromatic N) is 2. The van der Waals surface area contributed by atoms with Gasteiger partial charge in [0.25, 0.3) is 0 Å². The number of benzene rings is 1. The van der Waals surface area contributed by atoms with Crippen molar-refractivity contribution in [2.24, 2.45) is 5.73 Å². The lowest BCUT2D eigenvalue weighted by Crippen LogP contribution is -2.41. The number of hydrogen-bond acceptors (Lipinski definition) is 5. The minimum Gasteiger partial charge on any atom is -0.378 e. The number of rotatable bonds is 7. The molecule has 140 valence electrons. The first kappa shape index (κ1) is 19.0. The molecule has 6 heteroatoms. The molecule has 1 aromatic carbocycles. The Kier molecular flexibility index (Phi) is 6.77. The van der Waals surface area contributed by atoms with Gasteiger partial charge >= 0.3 is 0 Å². The van der Waals surface area contributed by atoms with Gasteiger partial charge in [-0.15, -0.1) is 11.3 Å². The highest BCUT2D eigenvalue weighted by Crippen LogP contribution is 2.25. The second kappa shape index (κ2) is 9.26. The van der Waals surface area contributed by atoms with E-state index in [1.807, 2.05) is 16.3 Å². The third kappa shape index (κ3) is 5.13. The summed E-state index contributed by atoms with van der Waals surface area (Å²) >= 11 is 1.60. The van der Waals surface area contributed by atoms with E-state index in [1.165, 1.54) is 5.56 Å². The lowest BCUT2D eigenvalue weighted by atomic mass is 10.1. The van der Waals surface area contributed by atoms with Crippen LogP contribution < -0.4 is 5.73 Å². The van der Waals surface area contributed by atoms with Gasteiger partial charge in [-0.25, -0.2) is 4.98 Å². The molecule has 2 aromatic rings. The van der Waals surface area contributed by atoms with E-state index < -0.39 is 0 Å². The molecule has 1 amide bonds. The highest BCUT2D eigenvalue weighted by Gasteiger charge is 2.23. The van der Waals surface area contributed by atoms with Crippen LogP contribution in [-0.4, -0.2) is 48.1 Å². The monoisotopic (exact) mass is 373 g/mol. The van der Waals surface area contributed by atoms with E-state index in [9.17, 15) is 4.79 Å². The van der Waals surface area contributed by atoms with Crippen LogP contribution in [0.4, 0.5) is 0 Å². The van der Waals surface area contributed by atoms with Crippen LogP contribution in [0.5, 0.6) is 0 Å². The first-order chi connectivity index (χ1) is 12.7. The molecule has 2 N–H and O–H groups in total. The van der Waals surface area contributed by atoms with E-state index in [0.717, 1.165) is 55.2 Å². The van der Waals surface area contributed by atoms with Gasteiger partial charge < -0.3 is 15.4 Å². The number of thiazole rings is 1. The fraction of sp³-hybridized carbons (Fsp3) is 0.500. The van der Waals surface area contributed by atoms with E-state index in [1.54, 1.807) is 11.3 Å². The molecule has 0 radical (unpaired) electrons. The average Bonchev–Trinajstić information content (AvgIpc) is 3.11. The summed E-state index contributed by atoms with van der Waals surface area (Å²) in [6, 6.07) is 8.30. The molecule has 0 saturated carbocycles. The molecular formula is C20H27N3O2S. The zero-order valence-corrected chi connectivity index (χ0v) is 16.1. The molecule has 3 rings (SSSR count). The van der Waals surface area contributed by atoms with Crippen molar-refractivity contribution in [2.45, 2.75) is 38.7 Å². The molecular weight excluding hydrogens is 346 g/mol. The average molecular weight is 374 g/mol. The largest absolute Gasteiger partial charge is 0.378 e. The van der Waals surface area contributed by atoms with Crippen LogP contribution in [0.3, 0.4) is 0 Å². The third-order valence-electron chi connectivity index (χ3n) is 4.65. The van der Waals surface area contributed by atoms with E-state index in [0.29, 0.717) is 13.0 Å². The number of carbonyl (C=O) groups is 1. The van der Waals surface area contributed by atoms with Crippen molar-refractivity contribution >= 4 is 17.2 Å². The van der Waals surface area contributed by atoms with E-state index in [2.05, 4.69) is 30.1 Å². The Morgan fingerprint density at radius 3 is 2.92 bits per heavy atom. The number of likely N-dealkylation sites (tertiary alicyclic amines) is 1. The van der Waals surface area contributed by atoms with Gasteiger partial charge in [0.05, 0.1) is 18.2 Å². The highest BCUT2D eigenvalue weighted by molar-refractivity contribution is 7.13. The summed E-state index contributed by atoms with van der Waals surface area (Å²) in [4.78, 5) is 19.2. The fourth-order valence-electron chi connectivity index (χ4n) is 3.17. The molecule has 2 heterocycles. The van der Waals surface area contributed by atoms with Crippen molar-refractivity contribution in [2.75, 3.05) is 26.2 Å². The molecule has 0 aliphatic carbocycles. The minimum absolute atomic E-state index is 0.159. The summed E-state index contributed by atoms with van der Waals surface area (Å²) in [6.45, 7) is 4.98.